The van der Waals surface area contributed by atoms with E-state index in [4.69, 9.17) is 15.3 Å². The highest BCUT2D eigenvalue weighted by atomic mass is 79.9. The molecule has 3 heterocycles. The van der Waals surface area contributed by atoms with Crippen LogP contribution in [0.2, 0.25) is 0 Å². The number of rotatable bonds is 1. The Morgan fingerprint density at radius 1 is 1.39 bits per heavy atom. The van der Waals surface area contributed by atoms with Gasteiger partial charge in [-0.3, -0.25) is 4.98 Å². The lowest BCUT2D eigenvalue weighted by atomic mass is 9.90. The number of hydrogen-bond acceptors (Lipinski definition) is 6. The minimum atomic E-state index is -0.878. The molecule has 2 N–H and O–H groups in total. The Morgan fingerprint density at radius 2 is 2.26 bits per heavy atom. The lowest BCUT2D eigenvalue weighted by Gasteiger charge is -2.37. The number of halogens is 1. The highest BCUT2D eigenvalue weighted by Gasteiger charge is 2.49. The van der Waals surface area contributed by atoms with Gasteiger partial charge in [-0.15, -0.1) is 0 Å². The molecule has 0 saturated heterocycles. The molecule has 0 aliphatic carbocycles. The van der Waals surface area contributed by atoms with Crippen molar-refractivity contribution in [3.63, 3.8) is 0 Å². The first-order valence-corrected chi connectivity index (χ1v) is 8.01. The van der Waals surface area contributed by atoms with Crippen LogP contribution < -0.4 is 10.5 Å². The quantitative estimate of drug-likeness (QED) is 0.830. The minimum Gasteiger partial charge on any atom is -0.485 e. The van der Waals surface area contributed by atoms with Gasteiger partial charge in [0.25, 0.3) is 0 Å². The van der Waals surface area contributed by atoms with Gasteiger partial charge in [-0.1, -0.05) is 22.0 Å². The van der Waals surface area contributed by atoms with E-state index in [0.717, 1.165) is 21.3 Å². The van der Waals surface area contributed by atoms with Crippen molar-refractivity contribution in [3.05, 3.63) is 58.3 Å². The van der Waals surface area contributed by atoms with Crippen LogP contribution in [0.1, 0.15) is 23.7 Å². The lowest BCUT2D eigenvalue weighted by molar-refractivity contribution is -0.191. The van der Waals surface area contributed by atoms with Gasteiger partial charge in [0.15, 0.2) is 0 Å². The fourth-order valence-corrected chi connectivity index (χ4v) is 3.32. The van der Waals surface area contributed by atoms with Gasteiger partial charge in [0.2, 0.25) is 11.7 Å². The highest BCUT2D eigenvalue weighted by molar-refractivity contribution is 9.10. The maximum Gasteiger partial charge on any atom is 0.222 e. The van der Waals surface area contributed by atoms with Crippen LogP contribution in [0.4, 0.5) is 0 Å². The van der Waals surface area contributed by atoms with E-state index in [1.54, 1.807) is 19.4 Å². The first-order valence-electron chi connectivity index (χ1n) is 7.22. The van der Waals surface area contributed by atoms with Crippen molar-refractivity contribution in [1.82, 2.24) is 10.0 Å². The average Bonchev–Trinajstić information content (AvgIpc) is 2.83. The van der Waals surface area contributed by atoms with Crippen LogP contribution in [0, 0.1) is 0 Å². The molecule has 4 rings (SSSR count). The Bertz CT molecular complexity index is 783. The number of aliphatic imine (C=N–C) groups is 1. The maximum absolute atomic E-state index is 6.16. The number of hydroxylamine groups is 2. The van der Waals surface area contributed by atoms with Gasteiger partial charge < -0.3 is 10.5 Å². The van der Waals surface area contributed by atoms with Crippen LogP contribution in [-0.2, 0) is 10.6 Å². The van der Waals surface area contributed by atoms with Gasteiger partial charge >= 0.3 is 0 Å². The first kappa shape index (κ1) is 14.5. The van der Waals surface area contributed by atoms with Crippen LogP contribution >= 0.6 is 15.9 Å². The van der Waals surface area contributed by atoms with Crippen molar-refractivity contribution in [2.75, 3.05) is 7.05 Å². The molecule has 0 bridgehead atoms. The summed E-state index contributed by atoms with van der Waals surface area (Å²) in [4.78, 5) is 14.8. The van der Waals surface area contributed by atoms with E-state index in [9.17, 15) is 0 Å². The van der Waals surface area contributed by atoms with Crippen molar-refractivity contribution in [2.24, 2.45) is 10.7 Å². The molecule has 2 aromatic rings. The molecule has 0 radical (unpaired) electrons. The van der Waals surface area contributed by atoms with Gasteiger partial charge in [-0.2, -0.15) is 0 Å². The summed E-state index contributed by atoms with van der Waals surface area (Å²) in [6, 6.07) is 9.69. The number of nitrogens with zero attached hydrogens (tertiary/aromatic N) is 3. The van der Waals surface area contributed by atoms with Crippen LogP contribution in [0.5, 0.6) is 5.75 Å². The molecule has 0 amide bonds. The summed E-state index contributed by atoms with van der Waals surface area (Å²) in [6.45, 7) is 0. The molecule has 1 aromatic heterocycles. The number of pyridine rings is 1. The van der Waals surface area contributed by atoms with Gasteiger partial charge in [0.05, 0.1) is 5.56 Å². The average molecular weight is 375 g/mol. The Kier molecular flexibility index (Phi) is 3.28. The largest absolute Gasteiger partial charge is 0.485 e. The summed E-state index contributed by atoms with van der Waals surface area (Å²) < 4.78 is 7.10. The minimum absolute atomic E-state index is 0.208. The van der Waals surface area contributed by atoms with Gasteiger partial charge in [-0.05, 0) is 24.3 Å². The summed E-state index contributed by atoms with van der Waals surface area (Å²) in [5.74, 6) is 1.09. The second-order valence-corrected chi connectivity index (χ2v) is 6.50. The van der Waals surface area contributed by atoms with E-state index in [-0.39, 0.29) is 6.10 Å². The molecule has 7 heteroatoms. The second kappa shape index (κ2) is 5.21. The summed E-state index contributed by atoms with van der Waals surface area (Å²) >= 11 is 3.50. The van der Waals surface area contributed by atoms with Crippen molar-refractivity contribution in [2.45, 2.75) is 18.2 Å². The zero-order chi connectivity index (χ0) is 16.0. The normalized spacial score (nSPS) is 25.9. The topological polar surface area (TPSA) is 73.0 Å². The van der Waals surface area contributed by atoms with Gasteiger partial charge in [0, 0.05) is 35.9 Å². The molecular formula is C16H15BrN4O2. The second-order valence-electron chi connectivity index (χ2n) is 5.58. The number of fused-ring (bicyclic) bond motifs is 2. The number of benzene rings is 1. The predicted molar refractivity (Wildman–Crippen MR) is 88.5 cm³/mol. The number of aromatic nitrogens is 1. The van der Waals surface area contributed by atoms with Crippen molar-refractivity contribution >= 4 is 21.9 Å². The van der Waals surface area contributed by atoms with E-state index in [0.29, 0.717) is 12.4 Å². The monoisotopic (exact) mass is 374 g/mol. The standard InChI is InChI=1S/C16H15BrN4O2/c1-21-15(18)20-16(23-21)8-14(10-3-2-6-19-9-10)22-13-5-4-11(17)7-12(13)16/h2-7,9,14H,8H2,1H3,(H2,18,20). The molecule has 118 valence electrons. The maximum atomic E-state index is 6.16. The van der Waals surface area contributed by atoms with Crippen molar-refractivity contribution in [3.8, 4) is 5.75 Å². The molecule has 1 aromatic carbocycles. The number of nitrogens with two attached hydrogens (primary N) is 1. The molecule has 6 nitrogen and oxygen atoms in total. The van der Waals surface area contributed by atoms with Crippen molar-refractivity contribution < 1.29 is 9.57 Å². The lowest BCUT2D eigenvalue weighted by Crippen LogP contribution is -2.36. The summed E-state index contributed by atoms with van der Waals surface area (Å²) in [5, 5.41) is 1.50. The van der Waals surface area contributed by atoms with E-state index < -0.39 is 5.72 Å². The molecule has 0 saturated carbocycles. The zero-order valence-corrected chi connectivity index (χ0v) is 14.0. The molecule has 23 heavy (non-hydrogen) atoms. The number of guanidine groups is 1. The van der Waals surface area contributed by atoms with Crippen LogP contribution in [0.15, 0.2) is 52.2 Å². The SMILES string of the molecule is CN1OC2(CC(c3cccnc3)Oc3ccc(Br)cc32)N=C1N. The Morgan fingerprint density at radius 3 is 2.96 bits per heavy atom. The van der Waals surface area contributed by atoms with Crippen LogP contribution in [0.3, 0.4) is 0 Å². The van der Waals surface area contributed by atoms with Gasteiger partial charge in [-0.25, -0.2) is 14.9 Å². The smallest absolute Gasteiger partial charge is 0.222 e. The summed E-state index contributed by atoms with van der Waals surface area (Å²) in [6.07, 6.45) is 3.85. The zero-order valence-electron chi connectivity index (χ0n) is 12.4. The Labute approximate surface area is 142 Å². The first-order chi connectivity index (χ1) is 11.1. The van der Waals surface area contributed by atoms with E-state index in [1.807, 2.05) is 30.3 Å². The summed E-state index contributed by atoms with van der Waals surface area (Å²) in [7, 11) is 1.75. The highest BCUT2D eigenvalue weighted by Crippen LogP contribution is 2.50. The van der Waals surface area contributed by atoms with Crippen LogP contribution in [0.25, 0.3) is 0 Å². The number of hydrogen-bond donors (Lipinski definition) is 1. The molecule has 0 fully saturated rings. The molecule has 2 aliphatic heterocycles. The summed E-state index contributed by atoms with van der Waals surface area (Å²) in [5.41, 5.74) is 6.91. The predicted octanol–water partition coefficient (Wildman–Crippen LogP) is 2.71. The number of ether oxygens (including phenoxy) is 1. The third-order valence-electron chi connectivity index (χ3n) is 4.06. The van der Waals surface area contributed by atoms with Crippen molar-refractivity contribution in [1.29, 1.82) is 0 Å². The van der Waals surface area contributed by atoms with E-state index in [2.05, 4.69) is 25.9 Å². The van der Waals surface area contributed by atoms with E-state index >= 15 is 0 Å². The Hall–Kier alpha value is -2.12. The fraction of sp³-hybridized carbons (Fsp3) is 0.250. The molecular weight excluding hydrogens is 360 g/mol. The molecule has 2 atom stereocenters. The molecule has 1 spiro atoms. The molecule has 2 aliphatic rings. The van der Waals surface area contributed by atoms with E-state index in [1.165, 1.54) is 5.06 Å². The van der Waals surface area contributed by atoms with Gasteiger partial charge in [0.1, 0.15) is 11.9 Å². The third-order valence-corrected chi connectivity index (χ3v) is 4.55. The fourth-order valence-electron chi connectivity index (χ4n) is 2.96. The third kappa shape index (κ3) is 2.36. The Balaban J connectivity index is 1.84. The molecule has 2 unspecified atom stereocenters. The van der Waals surface area contributed by atoms with Crippen LogP contribution in [-0.4, -0.2) is 23.1 Å².